The van der Waals surface area contributed by atoms with Gasteiger partial charge in [0.05, 0.1) is 5.69 Å². The topological polar surface area (TPSA) is 45.0 Å². The standard InChI is InChI=1S/C14H21N3O/c1-10(2)17(11(3)4)16-15-14-9-7-6-8-13(14)12(5)18/h6-11H,1-5H3. The molecule has 0 amide bonds. The van der Waals surface area contributed by atoms with Gasteiger partial charge in [0.15, 0.2) is 5.78 Å². The van der Waals surface area contributed by atoms with Gasteiger partial charge in [-0.05, 0) is 46.8 Å². The largest absolute Gasteiger partial charge is 0.294 e. The van der Waals surface area contributed by atoms with Gasteiger partial charge in [0.25, 0.3) is 0 Å². The summed E-state index contributed by atoms with van der Waals surface area (Å²) in [7, 11) is 0. The molecular weight excluding hydrogens is 226 g/mol. The number of ketones is 1. The lowest BCUT2D eigenvalue weighted by atomic mass is 10.1. The SMILES string of the molecule is CC(=O)c1ccccc1N=NN(C(C)C)C(C)C. The molecule has 0 saturated heterocycles. The molecule has 0 aliphatic heterocycles. The van der Waals surface area contributed by atoms with Gasteiger partial charge in [-0.3, -0.25) is 9.80 Å². The summed E-state index contributed by atoms with van der Waals surface area (Å²) in [5.41, 5.74) is 1.23. The molecule has 0 fully saturated rings. The van der Waals surface area contributed by atoms with Crippen molar-refractivity contribution in [3.8, 4) is 0 Å². The van der Waals surface area contributed by atoms with E-state index in [2.05, 4.69) is 38.0 Å². The first kappa shape index (κ1) is 14.4. The van der Waals surface area contributed by atoms with Gasteiger partial charge < -0.3 is 0 Å². The molecule has 0 aromatic heterocycles. The Labute approximate surface area is 109 Å². The molecule has 4 heteroatoms. The van der Waals surface area contributed by atoms with Crippen LogP contribution in [-0.2, 0) is 0 Å². The smallest absolute Gasteiger partial charge is 0.162 e. The Balaban J connectivity index is 2.99. The molecule has 1 aromatic rings. The van der Waals surface area contributed by atoms with Crippen molar-refractivity contribution in [1.29, 1.82) is 0 Å². The molecule has 0 bridgehead atoms. The Morgan fingerprint density at radius 3 is 2.17 bits per heavy atom. The quantitative estimate of drug-likeness (QED) is 0.448. The Morgan fingerprint density at radius 2 is 1.67 bits per heavy atom. The van der Waals surface area contributed by atoms with Crippen LogP contribution < -0.4 is 0 Å². The van der Waals surface area contributed by atoms with Crippen LogP contribution in [0.15, 0.2) is 34.6 Å². The molecule has 0 aliphatic rings. The van der Waals surface area contributed by atoms with E-state index in [0.29, 0.717) is 11.3 Å². The third kappa shape index (κ3) is 3.65. The molecule has 0 unspecified atom stereocenters. The molecule has 18 heavy (non-hydrogen) atoms. The summed E-state index contributed by atoms with van der Waals surface area (Å²) >= 11 is 0. The van der Waals surface area contributed by atoms with E-state index in [1.54, 1.807) is 12.1 Å². The average molecular weight is 247 g/mol. The highest BCUT2D eigenvalue weighted by Gasteiger charge is 2.11. The fraction of sp³-hybridized carbons (Fsp3) is 0.500. The summed E-state index contributed by atoms with van der Waals surface area (Å²) in [5.74, 6) is 0.00481. The van der Waals surface area contributed by atoms with Crippen molar-refractivity contribution in [2.45, 2.75) is 46.7 Å². The van der Waals surface area contributed by atoms with E-state index in [9.17, 15) is 4.79 Å². The minimum absolute atomic E-state index is 0.00481. The van der Waals surface area contributed by atoms with Gasteiger partial charge in [-0.2, -0.15) is 0 Å². The van der Waals surface area contributed by atoms with E-state index in [-0.39, 0.29) is 17.9 Å². The number of carbonyl (C=O) groups excluding carboxylic acids is 1. The number of hydrogen-bond acceptors (Lipinski definition) is 3. The monoisotopic (exact) mass is 247 g/mol. The highest BCUT2D eigenvalue weighted by Crippen LogP contribution is 2.20. The Bertz CT molecular complexity index is 430. The Hall–Kier alpha value is -1.71. The van der Waals surface area contributed by atoms with Gasteiger partial charge in [0.1, 0.15) is 0 Å². The van der Waals surface area contributed by atoms with Gasteiger partial charge in [-0.25, -0.2) is 0 Å². The minimum atomic E-state index is 0.00481. The van der Waals surface area contributed by atoms with Gasteiger partial charge in [-0.1, -0.05) is 17.4 Å². The molecule has 0 atom stereocenters. The van der Waals surface area contributed by atoms with Crippen molar-refractivity contribution >= 4 is 11.5 Å². The Morgan fingerprint density at radius 1 is 1.11 bits per heavy atom. The molecule has 0 heterocycles. The summed E-state index contributed by atoms with van der Waals surface area (Å²) in [6.45, 7) is 9.80. The average Bonchev–Trinajstić information content (AvgIpc) is 2.28. The van der Waals surface area contributed by atoms with Crippen LogP contribution in [0.5, 0.6) is 0 Å². The number of rotatable bonds is 5. The van der Waals surface area contributed by atoms with E-state index in [4.69, 9.17) is 0 Å². The van der Waals surface area contributed by atoms with Gasteiger partial charge in [0.2, 0.25) is 0 Å². The molecule has 1 aromatic carbocycles. The lowest BCUT2D eigenvalue weighted by Gasteiger charge is -2.25. The maximum Gasteiger partial charge on any atom is 0.162 e. The van der Waals surface area contributed by atoms with Crippen molar-refractivity contribution in [1.82, 2.24) is 5.01 Å². The van der Waals surface area contributed by atoms with E-state index in [1.807, 2.05) is 17.1 Å². The molecule has 98 valence electrons. The minimum Gasteiger partial charge on any atom is -0.294 e. The predicted molar refractivity (Wildman–Crippen MR) is 73.1 cm³/mol. The summed E-state index contributed by atoms with van der Waals surface area (Å²) in [6, 6.07) is 7.82. The second-order valence-corrected chi connectivity index (χ2v) is 4.83. The molecule has 0 spiro atoms. The third-order valence-corrected chi connectivity index (χ3v) is 2.60. The molecule has 0 aliphatic carbocycles. The van der Waals surface area contributed by atoms with E-state index < -0.39 is 0 Å². The summed E-state index contributed by atoms with van der Waals surface area (Å²) < 4.78 is 0. The van der Waals surface area contributed by atoms with Crippen LogP contribution >= 0.6 is 0 Å². The zero-order chi connectivity index (χ0) is 13.7. The summed E-state index contributed by atoms with van der Waals surface area (Å²) in [6.07, 6.45) is 0. The normalized spacial score (nSPS) is 11.5. The molecular formula is C14H21N3O. The van der Waals surface area contributed by atoms with Crippen LogP contribution in [0.2, 0.25) is 0 Å². The number of hydrogen-bond donors (Lipinski definition) is 0. The molecule has 0 saturated carbocycles. The van der Waals surface area contributed by atoms with Crippen molar-refractivity contribution in [3.63, 3.8) is 0 Å². The van der Waals surface area contributed by atoms with E-state index in [0.717, 1.165) is 0 Å². The zero-order valence-corrected chi connectivity index (χ0v) is 11.7. The van der Waals surface area contributed by atoms with E-state index >= 15 is 0 Å². The van der Waals surface area contributed by atoms with E-state index in [1.165, 1.54) is 6.92 Å². The fourth-order valence-electron chi connectivity index (χ4n) is 1.76. The van der Waals surface area contributed by atoms with Crippen molar-refractivity contribution in [2.24, 2.45) is 10.3 Å². The highest BCUT2D eigenvalue weighted by molar-refractivity contribution is 5.98. The van der Waals surface area contributed by atoms with Crippen molar-refractivity contribution in [3.05, 3.63) is 29.8 Å². The predicted octanol–water partition coefficient (Wildman–Crippen LogP) is 4.01. The number of nitrogens with zero attached hydrogens (tertiary/aromatic N) is 3. The highest BCUT2D eigenvalue weighted by atomic mass is 16.1. The second-order valence-electron chi connectivity index (χ2n) is 4.83. The number of carbonyl (C=O) groups is 1. The first-order valence-electron chi connectivity index (χ1n) is 6.23. The van der Waals surface area contributed by atoms with Gasteiger partial charge in [0, 0.05) is 17.6 Å². The van der Waals surface area contributed by atoms with Crippen LogP contribution in [0.25, 0.3) is 0 Å². The zero-order valence-electron chi connectivity index (χ0n) is 11.7. The third-order valence-electron chi connectivity index (χ3n) is 2.60. The van der Waals surface area contributed by atoms with Crippen LogP contribution in [0.3, 0.4) is 0 Å². The Kier molecular flexibility index (Phi) is 5.01. The van der Waals surface area contributed by atoms with Gasteiger partial charge >= 0.3 is 0 Å². The van der Waals surface area contributed by atoms with Crippen LogP contribution in [0.4, 0.5) is 5.69 Å². The van der Waals surface area contributed by atoms with Gasteiger partial charge in [-0.15, -0.1) is 5.11 Å². The first-order valence-corrected chi connectivity index (χ1v) is 6.23. The summed E-state index contributed by atoms with van der Waals surface area (Å²) in [4.78, 5) is 11.5. The van der Waals surface area contributed by atoms with Crippen molar-refractivity contribution in [2.75, 3.05) is 0 Å². The van der Waals surface area contributed by atoms with Crippen LogP contribution in [0.1, 0.15) is 45.0 Å². The van der Waals surface area contributed by atoms with Crippen molar-refractivity contribution < 1.29 is 4.79 Å². The first-order chi connectivity index (χ1) is 8.43. The van der Waals surface area contributed by atoms with Crippen LogP contribution in [0, 0.1) is 0 Å². The summed E-state index contributed by atoms with van der Waals surface area (Å²) in [5, 5.41) is 10.4. The molecule has 0 N–H and O–H groups in total. The lowest BCUT2D eigenvalue weighted by Crippen LogP contribution is -2.31. The van der Waals surface area contributed by atoms with Crippen LogP contribution in [-0.4, -0.2) is 22.9 Å². The number of benzene rings is 1. The lowest BCUT2D eigenvalue weighted by molar-refractivity contribution is 0.101. The molecule has 1 rings (SSSR count). The molecule has 0 radical (unpaired) electrons. The molecule has 4 nitrogen and oxygen atoms in total. The fourth-order valence-corrected chi connectivity index (χ4v) is 1.76. The maximum absolute atomic E-state index is 11.5. The maximum atomic E-state index is 11.5. The second kappa shape index (κ2) is 6.28. The number of Topliss-reactive ketones (excluding diaryl/α,β-unsaturated/α-hetero) is 1.